The fraction of sp³-hybridized carbons (Fsp3) is 0.269. The van der Waals surface area contributed by atoms with E-state index >= 15 is 0 Å². The zero-order valence-electron chi connectivity index (χ0n) is 19.7. The van der Waals surface area contributed by atoms with Crippen molar-refractivity contribution in [2.75, 3.05) is 14.2 Å². The molecule has 1 saturated heterocycles. The van der Waals surface area contributed by atoms with E-state index in [-0.39, 0.29) is 17.8 Å². The van der Waals surface area contributed by atoms with Crippen molar-refractivity contribution in [3.8, 4) is 11.4 Å². The highest BCUT2D eigenvalue weighted by Gasteiger charge is 2.33. The number of imidazole rings is 1. The zero-order chi connectivity index (χ0) is 24.2. The Morgan fingerprint density at radius 1 is 1.15 bits per heavy atom. The van der Waals surface area contributed by atoms with E-state index in [0.717, 1.165) is 28.1 Å². The predicted molar refractivity (Wildman–Crippen MR) is 128 cm³/mol. The van der Waals surface area contributed by atoms with Crippen LogP contribution in [0.5, 0.6) is 5.75 Å². The lowest BCUT2D eigenvalue weighted by Gasteiger charge is -2.34. The monoisotopic (exact) mass is 462 g/mol. The number of carbonyl (C=O) groups excluding carboxylic acids is 1. The van der Waals surface area contributed by atoms with Gasteiger partial charge in [-0.25, -0.2) is 9.37 Å². The minimum absolute atomic E-state index is 0.0619. The van der Waals surface area contributed by atoms with E-state index in [9.17, 15) is 9.18 Å². The molecule has 2 aromatic carbocycles. The van der Waals surface area contributed by atoms with Gasteiger partial charge in [-0.05, 0) is 67.3 Å². The highest BCUT2D eigenvalue weighted by Crippen LogP contribution is 2.32. The molecule has 0 aliphatic carbocycles. The Hall–Kier alpha value is -3.94. The summed E-state index contributed by atoms with van der Waals surface area (Å²) in [4.78, 5) is 23.9. The fourth-order valence-electron chi connectivity index (χ4n) is 4.11. The van der Waals surface area contributed by atoms with Crippen LogP contribution in [0.3, 0.4) is 0 Å². The van der Waals surface area contributed by atoms with Crippen molar-refractivity contribution in [2.45, 2.75) is 32.7 Å². The van der Waals surface area contributed by atoms with Gasteiger partial charge >= 0.3 is 0 Å². The lowest BCUT2D eigenvalue weighted by molar-refractivity contribution is -0.129. The molecule has 7 nitrogen and oxygen atoms in total. The molecule has 1 aliphatic heterocycles. The third-order valence-corrected chi connectivity index (χ3v) is 5.84. The van der Waals surface area contributed by atoms with Crippen LogP contribution in [0.15, 0.2) is 65.7 Å². The molecule has 1 fully saturated rings. The van der Waals surface area contributed by atoms with Crippen LogP contribution in [0.25, 0.3) is 11.8 Å². The molecular formula is C26H27FN4O3. The molecule has 3 aromatic rings. The molecule has 8 heteroatoms. The van der Waals surface area contributed by atoms with E-state index in [1.807, 2.05) is 48.9 Å². The van der Waals surface area contributed by atoms with Gasteiger partial charge in [-0.1, -0.05) is 23.4 Å². The third kappa shape index (κ3) is 4.71. The van der Waals surface area contributed by atoms with E-state index in [4.69, 9.17) is 9.57 Å². The molecule has 176 valence electrons. The smallest absolute Gasteiger partial charge is 0.229 e. The maximum atomic E-state index is 13.4. The van der Waals surface area contributed by atoms with Crippen LogP contribution in [-0.4, -0.2) is 40.4 Å². The first-order chi connectivity index (χ1) is 16.4. The largest absolute Gasteiger partial charge is 0.495 e. The Morgan fingerprint density at radius 3 is 2.56 bits per heavy atom. The van der Waals surface area contributed by atoms with Crippen molar-refractivity contribution in [3.05, 3.63) is 83.2 Å². The molecule has 1 aliphatic rings. The number of carbonyl (C=O) groups is 1. The number of hydrogen-bond donors (Lipinski definition) is 0. The van der Waals surface area contributed by atoms with E-state index in [0.29, 0.717) is 24.4 Å². The van der Waals surface area contributed by atoms with E-state index < -0.39 is 0 Å². The summed E-state index contributed by atoms with van der Waals surface area (Å²) in [5.74, 6) is 0.757. The van der Waals surface area contributed by atoms with Gasteiger partial charge in [0.15, 0.2) is 5.84 Å². The van der Waals surface area contributed by atoms with Crippen molar-refractivity contribution in [2.24, 2.45) is 5.16 Å². The zero-order valence-corrected chi connectivity index (χ0v) is 19.7. The van der Waals surface area contributed by atoms with Crippen LogP contribution in [0.1, 0.15) is 42.6 Å². The van der Waals surface area contributed by atoms with Crippen LogP contribution in [0, 0.1) is 12.7 Å². The van der Waals surface area contributed by atoms with Gasteiger partial charge in [-0.3, -0.25) is 9.69 Å². The molecule has 4 rings (SSSR count). The van der Waals surface area contributed by atoms with Crippen molar-refractivity contribution in [1.82, 2.24) is 14.5 Å². The number of nitrogens with zero attached hydrogens (tertiary/aromatic N) is 4. The molecule has 0 saturated carbocycles. The number of ether oxygens (including phenoxy) is 1. The van der Waals surface area contributed by atoms with Crippen LogP contribution in [-0.2, 0) is 9.63 Å². The number of hydrogen-bond acceptors (Lipinski definition) is 5. The summed E-state index contributed by atoms with van der Waals surface area (Å²) in [7, 11) is 3.08. The van der Waals surface area contributed by atoms with E-state index in [1.54, 1.807) is 30.5 Å². The molecule has 1 unspecified atom stereocenters. The summed E-state index contributed by atoms with van der Waals surface area (Å²) in [6.07, 6.45) is 6.53. The van der Waals surface area contributed by atoms with Gasteiger partial charge in [0.25, 0.3) is 0 Å². The highest BCUT2D eigenvalue weighted by molar-refractivity contribution is 6.12. The Bertz CT molecular complexity index is 1250. The molecule has 0 bridgehead atoms. The highest BCUT2D eigenvalue weighted by atomic mass is 19.1. The van der Waals surface area contributed by atoms with Gasteiger partial charge < -0.3 is 14.1 Å². The number of piperidine rings is 1. The second-order valence-corrected chi connectivity index (χ2v) is 8.11. The number of amides is 1. The fourth-order valence-corrected chi connectivity index (χ4v) is 4.11. The number of methoxy groups -OCH3 is 1. The summed E-state index contributed by atoms with van der Waals surface area (Å²) >= 11 is 0. The van der Waals surface area contributed by atoms with Gasteiger partial charge in [0.05, 0.1) is 30.9 Å². The number of halogens is 1. The molecule has 1 aromatic heterocycles. The Kier molecular flexibility index (Phi) is 6.77. The minimum Gasteiger partial charge on any atom is -0.495 e. The number of aromatic nitrogens is 2. The number of amidine groups is 1. The molecule has 0 radical (unpaired) electrons. The second kappa shape index (κ2) is 9.91. The van der Waals surface area contributed by atoms with Crippen LogP contribution >= 0.6 is 0 Å². The normalized spacial score (nSPS) is 17.3. The Labute approximate surface area is 198 Å². The van der Waals surface area contributed by atoms with Gasteiger partial charge in [0.1, 0.15) is 18.7 Å². The number of likely N-dealkylation sites (tertiary alicyclic amines) is 1. The summed E-state index contributed by atoms with van der Waals surface area (Å²) < 4.78 is 21.0. The van der Waals surface area contributed by atoms with Crippen LogP contribution in [0.4, 0.5) is 4.39 Å². The molecule has 34 heavy (non-hydrogen) atoms. The summed E-state index contributed by atoms with van der Waals surface area (Å²) in [6, 6.07) is 11.7. The maximum absolute atomic E-state index is 13.4. The molecule has 2 heterocycles. The molecular weight excluding hydrogens is 435 g/mol. The summed E-state index contributed by atoms with van der Waals surface area (Å²) in [6.45, 7) is 3.83. The summed E-state index contributed by atoms with van der Waals surface area (Å²) in [5, 5.41) is 4.20. The van der Waals surface area contributed by atoms with Crippen molar-refractivity contribution in [1.29, 1.82) is 0 Å². The molecule has 1 amide bonds. The third-order valence-electron chi connectivity index (χ3n) is 5.84. The lowest BCUT2D eigenvalue weighted by Crippen LogP contribution is -2.43. The van der Waals surface area contributed by atoms with Crippen molar-refractivity contribution >= 4 is 17.8 Å². The predicted octanol–water partition coefficient (Wildman–Crippen LogP) is 5.06. The lowest BCUT2D eigenvalue weighted by atomic mass is 9.96. The quantitative estimate of drug-likeness (QED) is 0.481. The Balaban J connectivity index is 1.70. The first-order valence-corrected chi connectivity index (χ1v) is 11.0. The minimum atomic E-state index is -0.341. The van der Waals surface area contributed by atoms with Gasteiger partial charge in [0.2, 0.25) is 5.91 Å². The number of benzene rings is 2. The number of rotatable bonds is 6. The SMILES string of the molecule is CON=C1/C(=C/c2ccc(-n3cnc(C)c3)c(OC)c2)CCC(=O)N1C(C)c1ccc(F)cc1. The van der Waals surface area contributed by atoms with E-state index in [1.165, 1.54) is 19.2 Å². The Morgan fingerprint density at radius 2 is 1.91 bits per heavy atom. The molecule has 0 N–H and O–H groups in total. The average Bonchev–Trinajstić information content (AvgIpc) is 3.27. The van der Waals surface area contributed by atoms with Crippen LogP contribution < -0.4 is 4.74 Å². The average molecular weight is 463 g/mol. The van der Waals surface area contributed by atoms with Gasteiger partial charge in [0, 0.05) is 12.6 Å². The number of aryl methyl sites for hydroxylation is 1. The first kappa shape index (κ1) is 23.2. The van der Waals surface area contributed by atoms with Gasteiger partial charge in [-0.2, -0.15) is 0 Å². The standard InChI is InChI=1S/C26H27FN4O3/c1-17-15-30(16-28-17)23-11-5-19(14-24(23)33-3)13-21-8-12-25(32)31(26(21)29-34-4)18(2)20-6-9-22(27)10-7-20/h5-7,9-11,13-16,18H,8,12H2,1-4H3/b21-13+,29-26?. The maximum Gasteiger partial charge on any atom is 0.229 e. The molecule has 0 spiro atoms. The summed E-state index contributed by atoms with van der Waals surface area (Å²) in [5.41, 5.74) is 4.36. The van der Waals surface area contributed by atoms with E-state index in [2.05, 4.69) is 10.1 Å². The topological polar surface area (TPSA) is 69.0 Å². The van der Waals surface area contributed by atoms with Gasteiger partial charge in [-0.15, -0.1) is 0 Å². The van der Waals surface area contributed by atoms with Crippen molar-refractivity contribution in [3.63, 3.8) is 0 Å². The molecule has 1 atom stereocenters. The van der Waals surface area contributed by atoms with Crippen LogP contribution in [0.2, 0.25) is 0 Å². The van der Waals surface area contributed by atoms with Crippen molar-refractivity contribution < 1.29 is 18.8 Å². The number of oxime groups is 1. The second-order valence-electron chi connectivity index (χ2n) is 8.11. The first-order valence-electron chi connectivity index (χ1n) is 11.0.